The van der Waals surface area contributed by atoms with Crippen LogP contribution in [0.1, 0.15) is 28.4 Å². The third kappa shape index (κ3) is 3.83. The molecule has 1 aromatic heterocycles. The zero-order valence-corrected chi connectivity index (χ0v) is 17.6. The summed E-state index contributed by atoms with van der Waals surface area (Å²) in [5.74, 6) is 0. The van der Waals surface area contributed by atoms with Crippen LogP contribution >= 0.6 is 0 Å². The molecule has 0 atom stereocenters. The van der Waals surface area contributed by atoms with Gasteiger partial charge in [0.25, 0.3) is 5.56 Å². The van der Waals surface area contributed by atoms with Crippen LogP contribution in [0.25, 0.3) is 5.69 Å². The summed E-state index contributed by atoms with van der Waals surface area (Å²) in [5.41, 5.74) is 4.25. The molecule has 0 bridgehead atoms. The molecule has 3 aromatic carbocycles. The maximum Gasteiger partial charge on any atom is 0.318 e. The van der Waals surface area contributed by atoms with Crippen molar-refractivity contribution >= 4 is 6.03 Å². The molecule has 0 unspecified atom stereocenters. The first-order chi connectivity index (χ1) is 15.7. The van der Waals surface area contributed by atoms with E-state index in [0.29, 0.717) is 18.5 Å². The number of aromatic amines is 1. The molecule has 2 N–H and O–H groups in total. The highest BCUT2D eigenvalue weighted by atomic mass is 16.2. The molecule has 0 aliphatic carbocycles. The van der Waals surface area contributed by atoms with Crippen molar-refractivity contribution in [1.82, 2.24) is 20.0 Å². The van der Waals surface area contributed by atoms with Crippen LogP contribution in [0.4, 0.5) is 4.79 Å². The molecule has 6 nitrogen and oxygen atoms in total. The molecule has 0 saturated carbocycles. The predicted molar refractivity (Wildman–Crippen MR) is 124 cm³/mol. The molecule has 2 amide bonds. The van der Waals surface area contributed by atoms with Crippen molar-refractivity contribution in [1.29, 1.82) is 0 Å². The molecule has 1 aliphatic rings. The van der Waals surface area contributed by atoms with Gasteiger partial charge in [0.2, 0.25) is 0 Å². The maximum atomic E-state index is 13.2. The Hall–Kier alpha value is -4.06. The summed E-state index contributed by atoms with van der Waals surface area (Å²) in [7, 11) is 0. The number of amides is 2. The normalized spacial score (nSPS) is 13.1. The predicted octanol–water partition coefficient (Wildman–Crippen LogP) is 4.02. The largest absolute Gasteiger partial charge is 0.327 e. The van der Waals surface area contributed by atoms with Gasteiger partial charge in [-0.05, 0) is 23.3 Å². The van der Waals surface area contributed by atoms with Gasteiger partial charge in [0.05, 0.1) is 23.8 Å². The molecule has 4 aromatic rings. The minimum atomic E-state index is -0.265. The van der Waals surface area contributed by atoms with Crippen LogP contribution in [0, 0.1) is 0 Å². The Labute approximate surface area is 186 Å². The van der Waals surface area contributed by atoms with E-state index in [1.54, 1.807) is 9.58 Å². The number of nitrogens with one attached hydrogen (secondary N) is 2. The van der Waals surface area contributed by atoms with Crippen molar-refractivity contribution in [3.63, 3.8) is 0 Å². The van der Waals surface area contributed by atoms with E-state index < -0.39 is 0 Å². The number of fused-ring (bicyclic) bond motifs is 1. The molecule has 6 heteroatoms. The Bertz CT molecular complexity index is 1220. The minimum absolute atomic E-state index is 0.105. The van der Waals surface area contributed by atoms with Crippen molar-refractivity contribution in [2.75, 3.05) is 6.54 Å². The lowest BCUT2D eigenvalue weighted by Gasteiger charge is -2.29. The van der Waals surface area contributed by atoms with Gasteiger partial charge in [0, 0.05) is 18.7 Å². The van der Waals surface area contributed by atoms with Gasteiger partial charge in [-0.25, -0.2) is 9.48 Å². The van der Waals surface area contributed by atoms with Crippen molar-refractivity contribution in [3.8, 4) is 5.69 Å². The van der Waals surface area contributed by atoms with Gasteiger partial charge < -0.3 is 10.2 Å². The highest BCUT2D eigenvalue weighted by Gasteiger charge is 2.28. The summed E-state index contributed by atoms with van der Waals surface area (Å²) in [4.78, 5) is 28.0. The number of hydrogen-bond acceptors (Lipinski definition) is 2. The van der Waals surface area contributed by atoms with Crippen LogP contribution in [-0.4, -0.2) is 27.3 Å². The van der Waals surface area contributed by atoms with Crippen LogP contribution in [-0.2, 0) is 13.0 Å². The Kier molecular flexibility index (Phi) is 5.34. The van der Waals surface area contributed by atoms with Gasteiger partial charge in [-0.1, -0.05) is 78.9 Å². The number of H-pyrrole nitrogens is 1. The molecule has 32 heavy (non-hydrogen) atoms. The van der Waals surface area contributed by atoms with E-state index in [1.165, 1.54) is 0 Å². The maximum absolute atomic E-state index is 13.2. The number of para-hydroxylation sites is 1. The van der Waals surface area contributed by atoms with E-state index in [2.05, 4.69) is 10.4 Å². The second-order valence-electron chi connectivity index (χ2n) is 7.92. The number of nitrogens with zero attached hydrogens (tertiary/aromatic N) is 2. The SMILES string of the molecule is O=C(NC(c1ccccc1)c1ccccc1)N1CCc2[nH]n(-c3ccccc3)c(=O)c2C1. The van der Waals surface area contributed by atoms with Crippen molar-refractivity contribution in [3.05, 3.63) is 124 Å². The Balaban J connectivity index is 1.39. The lowest BCUT2D eigenvalue weighted by molar-refractivity contribution is 0.189. The van der Waals surface area contributed by atoms with Crippen LogP contribution < -0.4 is 10.9 Å². The standard InChI is InChI=1S/C26H24N4O2/c31-25-22-18-29(17-16-23(22)28-30(25)21-14-8-3-9-15-21)26(32)27-24(19-10-4-1-5-11-19)20-12-6-2-7-13-20/h1-15,24,28H,16-18H2,(H,27,32). The van der Waals surface area contributed by atoms with Crippen molar-refractivity contribution in [2.24, 2.45) is 0 Å². The molecule has 1 aliphatic heterocycles. The van der Waals surface area contributed by atoms with E-state index in [9.17, 15) is 9.59 Å². The average Bonchev–Trinajstić information content (AvgIpc) is 3.20. The number of carbonyl (C=O) groups is 1. The van der Waals surface area contributed by atoms with Gasteiger partial charge in [0.15, 0.2) is 0 Å². The Morgan fingerprint density at radius 3 is 2.00 bits per heavy atom. The topological polar surface area (TPSA) is 70.1 Å². The summed E-state index contributed by atoms with van der Waals surface area (Å²) in [6.07, 6.45) is 0.610. The third-order valence-electron chi connectivity index (χ3n) is 5.89. The summed E-state index contributed by atoms with van der Waals surface area (Å²) < 4.78 is 1.56. The Morgan fingerprint density at radius 2 is 1.41 bits per heavy atom. The highest BCUT2D eigenvalue weighted by Crippen LogP contribution is 2.23. The quantitative estimate of drug-likeness (QED) is 0.519. The summed E-state index contributed by atoms with van der Waals surface area (Å²) in [6.45, 7) is 0.830. The second kappa shape index (κ2) is 8.59. The minimum Gasteiger partial charge on any atom is -0.327 e. The van der Waals surface area contributed by atoms with Crippen LogP contribution in [0.15, 0.2) is 95.8 Å². The highest BCUT2D eigenvalue weighted by molar-refractivity contribution is 5.75. The second-order valence-corrected chi connectivity index (χ2v) is 7.92. The smallest absolute Gasteiger partial charge is 0.318 e. The number of benzene rings is 3. The van der Waals surface area contributed by atoms with E-state index in [0.717, 1.165) is 22.5 Å². The Morgan fingerprint density at radius 1 is 0.844 bits per heavy atom. The van der Waals surface area contributed by atoms with Gasteiger partial charge in [0.1, 0.15) is 0 Å². The fourth-order valence-corrected chi connectivity index (χ4v) is 4.20. The van der Waals surface area contributed by atoms with Gasteiger partial charge in [-0.15, -0.1) is 0 Å². The lowest BCUT2D eigenvalue weighted by Crippen LogP contribution is -2.45. The van der Waals surface area contributed by atoms with Crippen LogP contribution in [0.5, 0.6) is 0 Å². The summed E-state index contributed by atoms with van der Waals surface area (Å²) >= 11 is 0. The van der Waals surface area contributed by atoms with E-state index >= 15 is 0 Å². The van der Waals surface area contributed by atoms with Gasteiger partial charge >= 0.3 is 6.03 Å². The molecule has 0 spiro atoms. The first-order valence-corrected chi connectivity index (χ1v) is 10.7. The summed E-state index contributed by atoms with van der Waals surface area (Å²) in [5, 5.41) is 6.39. The molecular weight excluding hydrogens is 400 g/mol. The monoisotopic (exact) mass is 424 g/mol. The molecule has 0 fully saturated rings. The molecular formula is C26H24N4O2. The van der Waals surface area contributed by atoms with E-state index in [1.807, 2.05) is 91.0 Å². The van der Waals surface area contributed by atoms with Crippen LogP contribution in [0.3, 0.4) is 0 Å². The van der Waals surface area contributed by atoms with Crippen molar-refractivity contribution < 1.29 is 4.79 Å². The van der Waals surface area contributed by atoms with Gasteiger partial charge in [-0.3, -0.25) is 9.89 Å². The third-order valence-corrected chi connectivity index (χ3v) is 5.89. The fourth-order valence-electron chi connectivity index (χ4n) is 4.20. The first kappa shape index (κ1) is 19.9. The van der Waals surface area contributed by atoms with E-state index in [-0.39, 0.29) is 24.2 Å². The lowest BCUT2D eigenvalue weighted by atomic mass is 9.99. The number of carbonyl (C=O) groups excluding carboxylic acids is 1. The summed E-state index contributed by atoms with van der Waals surface area (Å²) in [6, 6.07) is 28.9. The molecule has 0 saturated heterocycles. The van der Waals surface area contributed by atoms with Gasteiger partial charge in [-0.2, -0.15) is 0 Å². The molecule has 2 heterocycles. The van der Waals surface area contributed by atoms with Crippen molar-refractivity contribution in [2.45, 2.75) is 19.0 Å². The zero-order valence-electron chi connectivity index (χ0n) is 17.6. The number of aromatic nitrogens is 2. The fraction of sp³-hybridized carbons (Fsp3) is 0.154. The first-order valence-electron chi connectivity index (χ1n) is 10.7. The number of rotatable bonds is 4. The number of urea groups is 1. The molecule has 5 rings (SSSR count). The van der Waals surface area contributed by atoms with E-state index in [4.69, 9.17) is 0 Å². The van der Waals surface area contributed by atoms with Crippen LogP contribution in [0.2, 0.25) is 0 Å². The average molecular weight is 425 g/mol. The molecule has 0 radical (unpaired) electrons. The molecule has 160 valence electrons. The number of hydrogen-bond donors (Lipinski definition) is 2. The zero-order chi connectivity index (χ0) is 21.9.